The van der Waals surface area contributed by atoms with Crippen molar-refractivity contribution in [3.63, 3.8) is 0 Å². The summed E-state index contributed by atoms with van der Waals surface area (Å²) in [6.07, 6.45) is 0. The fourth-order valence-electron chi connectivity index (χ4n) is 1.88. The Morgan fingerprint density at radius 1 is 1.45 bits per heavy atom. The molecule has 3 rings (SSSR count). The predicted octanol–water partition coefficient (Wildman–Crippen LogP) is 3.46. The zero-order valence-electron chi connectivity index (χ0n) is 11.0. The van der Waals surface area contributed by atoms with Crippen LogP contribution in [0.1, 0.15) is 16.2 Å². The molecule has 0 aliphatic rings. The monoisotopic (exact) mass is 288 g/mol. The van der Waals surface area contributed by atoms with Crippen LogP contribution in [-0.4, -0.2) is 18.0 Å². The van der Waals surface area contributed by atoms with Gasteiger partial charge in [-0.25, -0.2) is 4.98 Å². The molecule has 0 aliphatic carbocycles. The van der Waals surface area contributed by atoms with E-state index >= 15 is 0 Å². The van der Waals surface area contributed by atoms with E-state index in [2.05, 4.69) is 10.3 Å². The first-order valence-electron chi connectivity index (χ1n) is 5.97. The van der Waals surface area contributed by atoms with Gasteiger partial charge in [0.2, 0.25) is 0 Å². The molecule has 0 fully saturated rings. The van der Waals surface area contributed by atoms with E-state index in [0.29, 0.717) is 16.5 Å². The van der Waals surface area contributed by atoms with Crippen LogP contribution in [0.3, 0.4) is 0 Å². The van der Waals surface area contributed by atoms with Gasteiger partial charge in [0, 0.05) is 10.8 Å². The minimum atomic E-state index is -0.322. The summed E-state index contributed by atoms with van der Waals surface area (Å²) in [5.41, 5.74) is 1.44. The first-order chi connectivity index (χ1) is 9.67. The lowest BCUT2D eigenvalue weighted by molar-refractivity contribution is 0.0998. The Morgan fingerprint density at radius 3 is 3.00 bits per heavy atom. The van der Waals surface area contributed by atoms with Crippen molar-refractivity contribution in [2.24, 2.45) is 0 Å². The largest absolute Gasteiger partial charge is 0.493 e. The number of ether oxygens (including phenoxy) is 1. The third-order valence-corrected chi connectivity index (χ3v) is 3.67. The molecule has 20 heavy (non-hydrogen) atoms. The maximum atomic E-state index is 12.1. The van der Waals surface area contributed by atoms with Gasteiger partial charge in [-0.2, -0.15) is 0 Å². The number of carbonyl (C=O) groups excluding carboxylic acids is 1. The van der Waals surface area contributed by atoms with Gasteiger partial charge >= 0.3 is 0 Å². The fourth-order valence-corrected chi connectivity index (χ4v) is 2.56. The van der Waals surface area contributed by atoms with E-state index in [1.54, 1.807) is 19.2 Å². The van der Waals surface area contributed by atoms with Crippen LogP contribution in [0.25, 0.3) is 11.0 Å². The van der Waals surface area contributed by atoms with Gasteiger partial charge in [-0.05, 0) is 19.1 Å². The van der Waals surface area contributed by atoms with E-state index in [4.69, 9.17) is 9.15 Å². The van der Waals surface area contributed by atoms with Crippen molar-refractivity contribution in [2.75, 3.05) is 12.4 Å². The van der Waals surface area contributed by atoms with Gasteiger partial charge in [-0.15, -0.1) is 11.3 Å². The van der Waals surface area contributed by atoms with Crippen molar-refractivity contribution >= 4 is 33.3 Å². The molecular weight excluding hydrogens is 276 g/mol. The molecule has 6 heteroatoms. The smallest absolute Gasteiger partial charge is 0.293 e. The number of methoxy groups -OCH3 is 1. The van der Waals surface area contributed by atoms with Crippen LogP contribution in [0.5, 0.6) is 5.75 Å². The molecular formula is C14H12N2O3S. The molecule has 0 saturated heterocycles. The third-order valence-electron chi connectivity index (χ3n) is 2.79. The van der Waals surface area contributed by atoms with Gasteiger partial charge in [0.1, 0.15) is 0 Å². The highest BCUT2D eigenvalue weighted by atomic mass is 32.1. The summed E-state index contributed by atoms with van der Waals surface area (Å²) in [7, 11) is 1.56. The number of amides is 1. The highest BCUT2D eigenvalue weighted by Gasteiger charge is 2.15. The molecule has 1 amide bonds. The second-order valence-electron chi connectivity index (χ2n) is 4.24. The van der Waals surface area contributed by atoms with Crippen molar-refractivity contribution in [3.8, 4) is 5.75 Å². The summed E-state index contributed by atoms with van der Waals surface area (Å²) in [6, 6.07) is 7.19. The van der Waals surface area contributed by atoms with Gasteiger partial charge in [0.15, 0.2) is 22.2 Å². The number of hydrogen-bond acceptors (Lipinski definition) is 5. The summed E-state index contributed by atoms with van der Waals surface area (Å²) in [5.74, 6) is 0.515. The van der Waals surface area contributed by atoms with E-state index in [1.165, 1.54) is 11.3 Å². The zero-order chi connectivity index (χ0) is 14.1. The second kappa shape index (κ2) is 4.97. The summed E-state index contributed by atoms with van der Waals surface area (Å²) in [4.78, 5) is 16.3. The van der Waals surface area contributed by atoms with Crippen LogP contribution in [0.2, 0.25) is 0 Å². The number of anilines is 1. The van der Waals surface area contributed by atoms with Gasteiger partial charge in [-0.1, -0.05) is 12.1 Å². The summed E-state index contributed by atoms with van der Waals surface area (Å²) in [6.45, 7) is 1.87. The molecule has 0 atom stereocenters. The molecule has 2 heterocycles. The molecule has 5 nitrogen and oxygen atoms in total. The molecule has 0 saturated carbocycles. The number of aryl methyl sites for hydroxylation is 1. The van der Waals surface area contributed by atoms with Gasteiger partial charge in [-0.3, -0.25) is 10.1 Å². The fraction of sp³-hybridized carbons (Fsp3) is 0.143. The number of nitrogens with zero attached hydrogens (tertiary/aromatic N) is 1. The van der Waals surface area contributed by atoms with Crippen molar-refractivity contribution in [1.29, 1.82) is 0 Å². The Hall–Kier alpha value is -2.34. The molecule has 2 aromatic heterocycles. The van der Waals surface area contributed by atoms with Crippen molar-refractivity contribution < 1.29 is 13.9 Å². The Bertz CT molecular complexity index is 776. The number of aromatic nitrogens is 1. The molecule has 0 bridgehead atoms. The lowest BCUT2D eigenvalue weighted by Crippen LogP contribution is -2.10. The molecule has 3 aromatic rings. The number of furan rings is 1. The quantitative estimate of drug-likeness (QED) is 0.801. The average Bonchev–Trinajstić information content (AvgIpc) is 3.04. The van der Waals surface area contributed by atoms with Crippen LogP contribution in [0.4, 0.5) is 5.13 Å². The van der Waals surface area contributed by atoms with Crippen LogP contribution >= 0.6 is 11.3 Å². The zero-order valence-corrected chi connectivity index (χ0v) is 11.8. The number of carbonyl (C=O) groups is 1. The van der Waals surface area contributed by atoms with Gasteiger partial charge < -0.3 is 9.15 Å². The number of para-hydroxylation sites is 1. The first-order valence-corrected chi connectivity index (χ1v) is 6.85. The first kappa shape index (κ1) is 12.7. The maximum Gasteiger partial charge on any atom is 0.293 e. The normalized spacial score (nSPS) is 10.7. The standard InChI is InChI=1S/C14H12N2O3S/c1-8-7-20-14(15-8)16-13(17)11-6-9-4-3-5-10(18-2)12(9)19-11/h3-7H,1-2H3,(H,15,16,17). The number of benzene rings is 1. The molecule has 0 aliphatic heterocycles. The van der Waals surface area contributed by atoms with Crippen LogP contribution in [0.15, 0.2) is 34.1 Å². The topological polar surface area (TPSA) is 64.4 Å². The van der Waals surface area contributed by atoms with Crippen molar-refractivity contribution in [1.82, 2.24) is 4.98 Å². The van der Waals surface area contributed by atoms with E-state index in [-0.39, 0.29) is 11.7 Å². The highest BCUT2D eigenvalue weighted by Crippen LogP contribution is 2.28. The third kappa shape index (κ3) is 2.25. The summed E-state index contributed by atoms with van der Waals surface area (Å²) >= 11 is 1.38. The predicted molar refractivity (Wildman–Crippen MR) is 77.6 cm³/mol. The number of rotatable bonds is 3. The molecule has 0 radical (unpaired) electrons. The molecule has 102 valence electrons. The van der Waals surface area contributed by atoms with E-state index in [9.17, 15) is 4.79 Å². The maximum absolute atomic E-state index is 12.1. The number of hydrogen-bond donors (Lipinski definition) is 1. The molecule has 1 aromatic carbocycles. The minimum absolute atomic E-state index is 0.234. The minimum Gasteiger partial charge on any atom is -0.493 e. The van der Waals surface area contributed by atoms with Crippen LogP contribution in [-0.2, 0) is 0 Å². The van der Waals surface area contributed by atoms with Crippen molar-refractivity contribution in [2.45, 2.75) is 6.92 Å². The Morgan fingerprint density at radius 2 is 2.30 bits per heavy atom. The summed E-state index contributed by atoms with van der Waals surface area (Å²) in [5, 5.41) is 5.96. The Kier molecular flexibility index (Phi) is 3.15. The van der Waals surface area contributed by atoms with Crippen LogP contribution in [0, 0.1) is 6.92 Å². The lowest BCUT2D eigenvalue weighted by Gasteiger charge is -1.99. The molecule has 0 unspecified atom stereocenters. The second-order valence-corrected chi connectivity index (χ2v) is 5.10. The lowest BCUT2D eigenvalue weighted by atomic mass is 10.2. The Balaban J connectivity index is 1.92. The van der Waals surface area contributed by atoms with Gasteiger partial charge in [0.25, 0.3) is 5.91 Å². The molecule has 1 N–H and O–H groups in total. The van der Waals surface area contributed by atoms with Crippen LogP contribution < -0.4 is 10.1 Å². The van der Waals surface area contributed by atoms with Crippen molar-refractivity contribution in [3.05, 3.63) is 41.1 Å². The SMILES string of the molecule is COc1cccc2cc(C(=O)Nc3nc(C)cs3)oc12. The summed E-state index contributed by atoms with van der Waals surface area (Å²) < 4.78 is 10.8. The Labute approximate surface area is 119 Å². The van der Waals surface area contributed by atoms with E-state index in [0.717, 1.165) is 11.1 Å². The number of nitrogens with one attached hydrogen (secondary N) is 1. The van der Waals surface area contributed by atoms with E-state index < -0.39 is 0 Å². The average molecular weight is 288 g/mol. The highest BCUT2D eigenvalue weighted by molar-refractivity contribution is 7.13. The molecule has 0 spiro atoms. The number of thiazole rings is 1. The number of fused-ring (bicyclic) bond motifs is 1. The van der Waals surface area contributed by atoms with E-state index in [1.807, 2.05) is 24.4 Å². The van der Waals surface area contributed by atoms with Gasteiger partial charge in [0.05, 0.1) is 12.8 Å².